The molecule has 14 heavy (non-hydrogen) atoms. The Morgan fingerprint density at radius 2 is 1.50 bits per heavy atom. The molecule has 0 heterocycles. The average Bonchev–Trinajstić information content (AvgIpc) is 2.30. The molecule has 0 fully saturated rings. The van der Waals surface area contributed by atoms with E-state index in [1.165, 1.54) is 0 Å². The Morgan fingerprint density at radius 3 is 1.79 bits per heavy atom. The molecule has 0 spiro atoms. The Labute approximate surface area is 93.5 Å². The van der Waals surface area contributed by atoms with Gasteiger partial charge in [0, 0.05) is 10.5 Å². The largest absolute Gasteiger partial charge is 0.300 e. The number of Topliss-reactive ketones (excluding diaryl/α,β-unsaturated/α-hetero) is 1. The minimum absolute atomic E-state index is 0.0328. The van der Waals surface area contributed by atoms with E-state index in [1.54, 1.807) is 6.92 Å². The Morgan fingerprint density at radius 1 is 1.07 bits per heavy atom. The molecule has 0 saturated carbocycles. The van der Waals surface area contributed by atoms with Gasteiger partial charge in [-0.05, 0) is 31.6 Å². The van der Waals surface area contributed by atoms with E-state index in [1.807, 2.05) is 0 Å². The van der Waals surface area contributed by atoms with Crippen molar-refractivity contribution in [3.63, 3.8) is 0 Å². The van der Waals surface area contributed by atoms with Crippen LogP contribution in [0.3, 0.4) is 0 Å². The number of rotatable bonds is 8. The van der Waals surface area contributed by atoms with Crippen molar-refractivity contribution in [2.45, 2.75) is 72.6 Å². The van der Waals surface area contributed by atoms with E-state index in [-0.39, 0.29) is 11.2 Å². The standard InChI is InChI=1S/C13H26O/c1-5-8-13(9-6-2,10-7-3)11-12(4)14/h5-11H2,1-4H3/i1T,2T,3T. The van der Waals surface area contributed by atoms with E-state index < -0.39 is 0 Å². The van der Waals surface area contributed by atoms with Crippen LogP contribution in [0.15, 0.2) is 0 Å². The van der Waals surface area contributed by atoms with Crippen LogP contribution in [0.1, 0.15) is 76.7 Å². The monoisotopic (exact) mass is 204 g/mol. The van der Waals surface area contributed by atoms with Crippen molar-refractivity contribution in [3.05, 3.63) is 0 Å². The number of ketones is 1. The second kappa shape index (κ2) is 7.03. The van der Waals surface area contributed by atoms with E-state index in [2.05, 4.69) is 0 Å². The van der Waals surface area contributed by atoms with Gasteiger partial charge in [-0.2, -0.15) is 0 Å². The lowest BCUT2D eigenvalue weighted by Gasteiger charge is -2.32. The molecule has 0 aromatic rings. The molecule has 0 aromatic carbocycles. The second-order valence-electron chi connectivity index (χ2n) is 4.19. The summed E-state index contributed by atoms with van der Waals surface area (Å²) in [7, 11) is 0. The quantitative estimate of drug-likeness (QED) is 0.574. The minimum atomic E-state index is -0.0328. The molecule has 0 aliphatic carbocycles. The molecule has 0 aromatic heterocycles. The topological polar surface area (TPSA) is 17.1 Å². The summed E-state index contributed by atoms with van der Waals surface area (Å²) >= 11 is 0. The molecule has 84 valence electrons. The fraction of sp³-hybridized carbons (Fsp3) is 0.923. The molecule has 1 nitrogen and oxygen atoms in total. The summed E-state index contributed by atoms with van der Waals surface area (Å²) in [4.78, 5) is 11.4. The van der Waals surface area contributed by atoms with Gasteiger partial charge in [0.2, 0.25) is 0 Å². The lowest BCUT2D eigenvalue weighted by Crippen LogP contribution is -2.23. The summed E-state index contributed by atoms with van der Waals surface area (Å²) in [6.07, 6.45) is 5.73. The van der Waals surface area contributed by atoms with Crippen molar-refractivity contribution in [2.75, 3.05) is 0 Å². The number of hydrogen-bond acceptors (Lipinski definition) is 1. The molecule has 0 bridgehead atoms. The Bertz CT molecular complexity index is 185. The maximum atomic E-state index is 11.4. The predicted molar refractivity (Wildman–Crippen MR) is 62.5 cm³/mol. The van der Waals surface area contributed by atoms with Crippen molar-refractivity contribution in [2.24, 2.45) is 5.41 Å². The summed E-state index contributed by atoms with van der Waals surface area (Å²) in [5, 5.41) is 0. The van der Waals surface area contributed by atoms with Crippen LogP contribution in [-0.2, 0) is 4.79 Å². The van der Waals surface area contributed by atoms with Gasteiger partial charge in [0.25, 0.3) is 0 Å². The van der Waals surface area contributed by atoms with Gasteiger partial charge in [0.15, 0.2) is 0 Å². The highest BCUT2D eigenvalue weighted by atomic mass is 16.1. The zero-order chi connectivity index (χ0) is 13.1. The lowest BCUT2D eigenvalue weighted by atomic mass is 9.72. The van der Waals surface area contributed by atoms with Crippen LogP contribution in [-0.4, -0.2) is 5.78 Å². The molecule has 0 aliphatic rings. The fourth-order valence-electron chi connectivity index (χ4n) is 2.29. The first-order valence-corrected chi connectivity index (χ1v) is 5.47. The normalized spacial score (nSPS) is 14.5. The molecule has 0 radical (unpaired) electrons. The van der Waals surface area contributed by atoms with Crippen molar-refractivity contribution >= 4 is 5.78 Å². The van der Waals surface area contributed by atoms with Crippen molar-refractivity contribution < 1.29 is 8.91 Å². The molecular formula is C13H26O. The summed E-state index contributed by atoms with van der Waals surface area (Å²) < 4.78 is 21.8. The molecule has 0 atom stereocenters. The first kappa shape index (κ1) is 8.94. The summed E-state index contributed by atoms with van der Waals surface area (Å²) in [5.41, 5.74) is -0.0328. The third-order valence-corrected chi connectivity index (χ3v) is 2.75. The van der Waals surface area contributed by atoms with Gasteiger partial charge in [-0.15, -0.1) is 0 Å². The molecule has 0 amide bonds. The molecule has 0 aliphatic heterocycles. The Hall–Kier alpha value is -0.330. The highest BCUT2D eigenvalue weighted by molar-refractivity contribution is 5.76. The van der Waals surface area contributed by atoms with Crippen molar-refractivity contribution in [1.82, 2.24) is 0 Å². The molecule has 0 saturated heterocycles. The fourth-order valence-corrected chi connectivity index (χ4v) is 2.29. The highest BCUT2D eigenvalue weighted by Gasteiger charge is 2.28. The first-order valence-electron chi connectivity index (χ1n) is 7.59. The molecular weight excluding hydrogens is 172 g/mol. The van der Waals surface area contributed by atoms with Gasteiger partial charge < -0.3 is 4.79 Å². The van der Waals surface area contributed by atoms with E-state index in [0.29, 0.717) is 27.1 Å². The van der Waals surface area contributed by atoms with Gasteiger partial charge >= 0.3 is 0 Å². The van der Waals surface area contributed by atoms with E-state index in [4.69, 9.17) is 4.11 Å². The smallest absolute Gasteiger partial charge is 0.130 e. The molecule has 0 unspecified atom stereocenters. The van der Waals surface area contributed by atoms with Gasteiger partial charge in [-0.3, -0.25) is 0 Å². The van der Waals surface area contributed by atoms with E-state index in [0.717, 1.165) is 38.5 Å². The first-order chi connectivity index (χ1) is 8.10. The van der Waals surface area contributed by atoms with Crippen LogP contribution < -0.4 is 0 Å². The molecule has 1 heteroatoms. The zero-order valence-corrected chi connectivity index (χ0v) is 9.48. The zero-order valence-electron chi connectivity index (χ0n) is 12.5. The minimum Gasteiger partial charge on any atom is -0.300 e. The predicted octanol–water partition coefficient (Wildman–Crippen LogP) is 4.35. The number of hydrogen-bond donors (Lipinski definition) is 0. The van der Waals surface area contributed by atoms with Crippen LogP contribution in [0, 0.1) is 5.41 Å². The van der Waals surface area contributed by atoms with E-state index in [9.17, 15) is 4.79 Å². The third kappa shape index (κ3) is 4.78. The van der Waals surface area contributed by atoms with Crippen LogP contribution in [0.5, 0.6) is 0 Å². The van der Waals surface area contributed by atoms with Gasteiger partial charge in [0.05, 0.1) is 0 Å². The van der Waals surface area contributed by atoms with Gasteiger partial charge in [0.1, 0.15) is 5.78 Å². The third-order valence-electron chi connectivity index (χ3n) is 2.75. The summed E-state index contributed by atoms with van der Waals surface area (Å²) in [6.45, 7) is 2.83. The molecule has 0 N–H and O–H groups in total. The van der Waals surface area contributed by atoms with Crippen LogP contribution in [0.2, 0.25) is 0 Å². The Kier molecular flexibility index (Phi) is 4.49. The van der Waals surface area contributed by atoms with Gasteiger partial charge in [-0.1, -0.05) is 40.0 Å². The molecule has 0 rings (SSSR count). The maximum absolute atomic E-state index is 11.4. The van der Waals surface area contributed by atoms with Crippen LogP contribution in [0.25, 0.3) is 0 Å². The highest BCUT2D eigenvalue weighted by Crippen LogP contribution is 2.38. The van der Waals surface area contributed by atoms with Crippen molar-refractivity contribution in [1.29, 1.82) is 0 Å². The van der Waals surface area contributed by atoms with Crippen LogP contribution >= 0.6 is 0 Å². The van der Waals surface area contributed by atoms with Crippen LogP contribution in [0.4, 0.5) is 0 Å². The number of carbonyl (C=O) groups excluding carboxylic acids is 1. The maximum Gasteiger partial charge on any atom is 0.130 e. The second-order valence-corrected chi connectivity index (χ2v) is 4.19. The average molecular weight is 204 g/mol. The lowest BCUT2D eigenvalue weighted by molar-refractivity contribution is -0.119. The summed E-state index contributed by atoms with van der Waals surface area (Å²) in [6, 6.07) is 0. The van der Waals surface area contributed by atoms with E-state index >= 15 is 0 Å². The van der Waals surface area contributed by atoms with Crippen molar-refractivity contribution in [3.8, 4) is 0 Å². The SMILES string of the molecule is [3H]CCCC(CCC[3H])(CCC[3H])CC(C)=O. The summed E-state index contributed by atoms with van der Waals surface area (Å²) in [5.74, 6) is 0.199. The van der Waals surface area contributed by atoms with Gasteiger partial charge in [-0.25, -0.2) is 0 Å². The number of carbonyl (C=O) groups is 1. The Balaban J connectivity index is 4.56.